The molecule has 1 aliphatic rings. The molecule has 2 aromatic carbocycles. The van der Waals surface area contributed by atoms with Gasteiger partial charge >= 0.3 is 0 Å². The fourth-order valence-corrected chi connectivity index (χ4v) is 3.02. The van der Waals surface area contributed by atoms with Crippen LogP contribution in [0.25, 0.3) is 0 Å². The topological polar surface area (TPSA) is 46.3 Å². The minimum absolute atomic E-state index is 0.0976. The first-order chi connectivity index (χ1) is 10.5. The van der Waals surface area contributed by atoms with Gasteiger partial charge in [-0.3, -0.25) is 4.79 Å². The first-order valence-corrected chi connectivity index (χ1v) is 7.40. The summed E-state index contributed by atoms with van der Waals surface area (Å²) in [5.74, 6) is -0.172. The smallest absolute Gasteiger partial charge is 0.227 e. The van der Waals surface area contributed by atoms with Crippen molar-refractivity contribution in [3.63, 3.8) is 0 Å². The molecular weight excluding hydrogens is 279 g/mol. The Balaban J connectivity index is 2.02. The van der Waals surface area contributed by atoms with Gasteiger partial charge in [0.25, 0.3) is 0 Å². The van der Waals surface area contributed by atoms with Gasteiger partial charge in [0, 0.05) is 17.8 Å². The van der Waals surface area contributed by atoms with Gasteiger partial charge < -0.3 is 10.6 Å². The molecule has 4 heteroatoms. The van der Waals surface area contributed by atoms with Crippen LogP contribution < -0.4 is 10.6 Å². The van der Waals surface area contributed by atoms with Gasteiger partial charge in [0.05, 0.1) is 6.54 Å². The number of halogens is 1. The number of hydrogen-bond acceptors (Lipinski definition) is 2. The summed E-state index contributed by atoms with van der Waals surface area (Å²) in [6.45, 7) is 4.42. The number of carbonyl (C=O) groups excluding carboxylic acids is 1. The van der Waals surface area contributed by atoms with Crippen LogP contribution in [-0.2, 0) is 17.8 Å². The first-order valence-electron chi connectivity index (χ1n) is 7.40. The van der Waals surface area contributed by atoms with Crippen LogP contribution in [0.5, 0.6) is 0 Å². The van der Waals surface area contributed by atoms with Gasteiger partial charge in [0.1, 0.15) is 5.82 Å². The fourth-order valence-electron chi connectivity index (χ4n) is 3.02. The lowest BCUT2D eigenvalue weighted by Gasteiger charge is -2.31. The number of nitrogens with two attached hydrogens (primary N) is 1. The monoisotopic (exact) mass is 298 g/mol. The summed E-state index contributed by atoms with van der Waals surface area (Å²) >= 11 is 0. The molecule has 22 heavy (non-hydrogen) atoms. The Morgan fingerprint density at radius 3 is 2.55 bits per heavy atom. The second-order valence-electron chi connectivity index (χ2n) is 5.84. The molecule has 0 fully saturated rings. The minimum Gasteiger partial charge on any atom is -0.398 e. The van der Waals surface area contributed by atoms with Crippen molar-refractivity contribution in [3.05, 3.63) is 58.4 Å². The predicted octanol–water partition coefficient (Wildman–Crippen LogP) is 3.50. The van der Waals surface area contributed by atoms with Crippen molar-refractivity contribution in [1.29, 1.82) is 0 Å². The van der Waals surface area contributed by atoms with E-state index in [-0.39, 0.29) is 11.7 Å². The van der Waals surface area contributed by atoms with E-state index in [0.29, 0.717) is 13.0 Å². The molecule has 114 valence electrons. The quantitative estimate of drug-likeness (QED) is 0.862. The molecule has 0 radical (unpaired) electrons. The molecule has 0 atom stereocenters. The SMILES string of the molecule is Cc1cc2c(c(C)c1N)CCC(=O)N2Cc1ccc(F)cc1. The normalized spacial score (nSPS) is 14.1. The Morgan fingerprint density at radius 1 is 1.18 bits per heavy atom. The molecule has 0 aromatic heterocycles. The van der Waals surface area contributed by atoms with E-state index in [0.717, 1.165) is 40.0 Å². The molecule has 0 bridgehead atoms. The van der Waals surface area contributed by atoms with Crippen LogP contribution in [-0.4, -0.2) is 5.91 Å². The van der Waals surface area contributed by atoms with Gasteiger partial charge in [0.15, 0.2) is 0 Å². The van der Waals surface area contributed by atoms with E-state index in [4.69, 9.17) is 5.73 Å². The highest BCUT2D eigenvalue weighted by Gasteiger charge is 2.26. The van der Waals surface area contributed by atoms with Gasteiger partial charge in [-0.25, -0.2) is 4.39 Å². The number of benzene rings is 2. The van der Waals surface area contributed by atoms with E-state index >= 15 is 0 Å². The Labute approximate surface area is 129 Å². The number of nitrogens with zero attached hydrogens (tertiary/aromatic N) is 1. The molecule has 0 saturated carbocycles. The van der Waals surface area contributed by atoms with E-state index < -0.39 is 0 Å². The zero-order valence-corrected chi connectivity index (χ0v) is 12.8. The van der Waals surface area contributed by atoms with Gasteiger partial charge in [0.2, 0.25) is 5.91 Å². The summed E-state index contributed by atoms with van der Waals surface area (Å²) in [7, 11) is 0. The largest absolute Gasteiger partial charge is 0.398 e. The maximum absolute atomic E-state index is 13.0. The minimum atomic E-state index is -0.270. The summed E-state index contributed by atoms with van der Waals surface area (Å²) < 4.78 is 13.0. The lowest BCUT2D eigenvalue weighted by molar-refractivity contribution is -0.119. The Kier molecular flexibility index (Phi) is 3.61. The number of anilines is 2. The van der Waals surface area contributed by atoms with E-state index in [1.54, 1.807) is 17.0 Å². The third-order valence-corrected chi connectivity index (χ3v) is 4.38. The molecule has 3 rings (SSSR count). The van der Waals surface area contributed by atoms with Gasteiger partial charge in [-0.05, 0) is 60.7 Å². The van der Waals surface area contributed by atoms with Crippen LogP contribution in [0.15, 0.2) is 30.3 Å². The Morgan fingerprint density at radius 2 is 1.86 bits per heavy atom. The standard InChI is InChI=1S/C18H19FN2O/c1-11-9-16-15(12(2)18(11)20)7-8-17(22)21(16)10-13-3-5-14(19)6-4-13/h3-6,9H,7-8,10,20H2,1-2H3. The van der Waals surface area contributed by atoms with Crippen molar-refractivity contribution in [3.8, 4) is 0 Å². The number of nitrogen functional groups attached to an aromatic ring is 1. The van der Waals surface area contributed by atoms with E-state index in [2.05, 4.69) is 0 Å². The lowest BCUT2D eigenvalue weighted by Crippen LogP contribution is -2.35. The fraction of sp³-hybridized carbons (Fsp3) is 0.278. The molecule has 2 N–H and O–H groups in total. The number of carbonyl (C=O) groups is 1. The molecule has 0 saturated heterocycles. The highest BCUT2D eigenvalue weighted by atomic mass is 19.1. The summed E-state index contributed by atoms with van der Waals surface area (Å²) in [4.78, 5) is 14.1. The first kappa shape index (κ1) is 14.6. The third kappa shape index (κ3) is 2.45. The molecule has 3 nitrogen and oxygen atoms in total. The lowest BCUT2D eigenvalue weighted by atomic mass is 9.92. The second kappa shape index (κ2) is 5.44. The number of fused-ring (bicyclic) bond motifs is 1. The summed E-state index contributed by atoms with van der Waals surface area (Å²) in [5.41, 5.74) is 11.9. The number of rotatable bonds is 2. The molecule has 1 aliphatic heterocycles. The van der Waals surface area contributed by atoms with E-state index in [1.807, 2.05) is 19.9 Å². The van der Waals surface area contributed by atoms with Gasteiger partial charge in [-0.1, -0.05) is 12.1 Å². The van der Waals surface area contributed by atoms with Crippen molar-refractivity contribution in [2.75, 3.05) is 10.6 Å². The summed E-state index contributed by atoms with van der Waals surface area (Å²) in [6.07, 6.45) is 1.21. The zero-order chi connectivity index (χ0) is 15.9. The van der Waals surface area contributed by atoms with Crippen LogP contribution in [0, 0.1) is 19.7 Å². The average molecular weight is 298 g/mol. The molecule has 2 aromatic rings. The number of amides is 1. The van der Waals surface area contributed by atoms with Crippen LogP contribution >= 0.6 is 0 Å². The van der Waals surface area contributed by atoms with Crippen LogP contribution in [0.4, 0.5) is 15.8 Å². The molecule has 0 spiro atoms. The van der Waals surface area contributed by atoms with Crippen molar-refractivity contribution >= 4 is 17.3 Å². The summed E-state index contributed by atoms with van der Waals surface area (Å²) in [6, 6.07) is 8.26. The maximum atomic E-state index is 13.0. The van der Waals surface area contributed by atoms with E-state index in [9.17, 15) is 9.18 Å². The number of aryl methyl sites for hydroxylation is 1. The highest BCUT2D eigenvalue weighted by Crippen LogP contribution is 2.36. The van der Waals surface area contributed by atoms with Crippen molar-refractivity contribution in [2.24, 2.45) is 0 Å². The van der Waals surface area contributed by atoms with Crippen LogP contribution in [0.3, 0.4) is 0 Å². The Bertz CT molecular complexity index is 738. The third-order valence-electron chi connectivity index (χ3n) is 4.38. The van der Waals surface area contributed by atoms with Gasteiger partial charge in [-0.2, -0.15) is 0 Å². The van der Waals surface area contributed by atoms with Crippen LogP contribution in [0.1, 0.15) is 28.7 Å². The van der Waals surface area contributed by atoms with E-state index in [1.165, 1.54) is 12.1 Å². The van der Waals surface area contributed by atoms with Crippen molar-refractivity contribution in [1.82, 2.24) is 0 Å². The Hall–Kier alpha value is -2.36. The van der Waals surface area contributed by atoms with Crippen LogP contribution in [0.2, 0.25) is 0 Å². The summed E-state index contributed by atoms with van der Waals surface area (Å²) in [5, 5.41) is 0. The molecule has 0 aliphatic carbocycles. The molecule has 0 unspecified atom stereocenters. The second-order valence-corrected chi connectivity index (χ2v) is 5.84. The molecule has 1 heterocycles. The number of hydrogen-bond donors (Lipinski definition) is 1. The van der Waals surface area contributed by atoms with Crippen molar-refractivity contribution < 1.29 is 9.18 Å². The molecular formula is C18H19FN2O. The molecule has 1 amide bonds. The predicted molar refractivity (Wildman–Crippen MR) is 86.2 cm³/mol. The zero-order valence-electron chi connectivity index (χ0n) is 12.8. The maximum Gasteiger partial charge on any atom is 0.227 e. The van der Waals surface area contributed by atoms with Crippen molar-refractivity contribution in [2.45, 2.75) is 33.2 Å². The highest BCUT2D eigenvalue weighted by molar-refractivity contribution is 5.97. The van der Waals surface area contributed by atoms with Gasteiger partial charge in [-0.15, -0.1) is 0 Å². The average Bonchev–Trinajstić information content (AvgIpc) is 2.50.